The third kappa shape index (κ3) is 5.33. The van der Waals surface area contributed by atoms with Crippen LogP contribution in [0, 0.1) is 0 Å². The lowest BCUT2D eigenvalue weighted by Gasteiger charge is -2.31. The topological polar surface area (TPSA) is 72.0 Å². The normalized spacial score (nSPS) is 13.6. The highest BCUT2D eigenvalue weighted by Gasteiger charge is 2.33. The van der Waals surface area contributed by atoms with E-state index in [2.05, 4.69) is 109 Å². The van der Waals surface area contributed by atoms with Crippen molar-refractivity contribution >= 4 is 22.1 Å². The molecule has 1 N–H and O–H groups in total. The van der Waals surface area contributed by atoms with E-state index in [0.717, 1.165) is 44.5 Å². The second kappa shape index (κ2) is 11.4. The van der Waals surface area contributed by atoms with Crippen molar-refractivity contribution in [2.75, 3.05) is 0 Å². The van der Waals surface area contributed by atoms with Crippen molar-refractivity contribution in [2.24, 2.45) is 0 Å². The number of hydrogen-bond donors (Lipinski definition) is 1. The first-order chi connectivity index (χ1) is 22.9. The largest absolute Gasteiger partial charge is 0.507 e. The van der Waals surface area contributed by atoms with Crippen molar-refractivity contribution < 1.29 is 9.52 Å². The Kier molecular flexibility index (Phi) is 7.47. The average Bonchev–Trinajstić information content (AvgIpc) is 3.46. The highest BCUT2D eigenvalue weighted by atomic mass is 16.3. The first kappa shape index (κ1) is 31.3. The Morgan fingerprint density at radius 1 is 0.625 bits per heavy atom. The minimum atomic E-state index is -0.533. The number of aromatic nitrogens is 3. The van der Waals surface area contributed by atoms with Gasteiger partial charge in [-0.1, -0.05) is 114 Å². The number of fused-ring (bicyclic) bond motifs is 3. The quantitative estimate of drug-likeness (QED) is 0.205. The van der Waals surface area contributed by atoms with Crippen molar-refractivity contribution in [3.8, 4) is 28.4 Å². The van der Waals surface area contributed by atoms with Gasteiger partial charge in [0.1, 0.15) is 22.5 Å². The van der Waals surface area contributed by atoms with E-state index in [1.807, 2.05) is 54.7 Å². The van der Waals surface area contributed by atoms with Crippen LogP contribution in [0.25, 0.3) is 44.7 Å². The predicted octanol–water partition coefficient (Wildman–Crippen LogP) is 10.8. The number of rotatable bonds is 5. The van der Waals surface area contributed by atoms with Crippen LogP contribution >= 0.6 is 0 Å². The zero-order chi connectivity index (χ0) is 33.8. The van der Waals surface area contributed by atoms with Crippen molar-refractivity contribution in [3.05, 3.63) is 143 Å². The van der Waals surface area contributed by atoms with Crippen molar-refractivity contribution in [1.29, 1.82) is 0 Å². The first-order valence-electron chi connectivity index (χ1n) is 16.5. The second-order valence-corrected chi connectivity index (χ2v) is 14.9. The molecular weight excluding hydrogens is 590 g/mol. The smallest absolute Gasteiger partial charge is 0.180 e. The maximum Gasteiger partial charge on any atom is 0.180 e. The average molecular weight is 632 g/mol. The van der Waals surface area contributed by atoms with Crippen LogP contribution in [0.4, 0.5) is 0 Å². The number of furan rings is 1. The molecule has 0 amide bonds. The Morgan fingerprint density at radius 2 is 1.33 bits per heavy atom. The summed E-state index contributed by atoms with van der Waals surface area (Å²) in [6.07, 6.45) is 1.84. The molecule has 5 nitrogen and oxygen atoms in total. The number of pyridine rings is 1. The minimum Gasteiger partial charge on any atom is -0.507 e. The fourth-order valence-corrected chi connectivity index (χ4v) is 6.58. The monoisotopic (exact) mass is 631 g/mol. The van der Waals surface area contributed by atoms with Gasteiger partial charge in [-0.2, -0.15) is 0 Å². The van der Waals surface area contributed by atoms with Crippen LogP contribution in [-0.4, -0.2) is 20.1 Å². The van der Waals surface area contributed by atoms with Gasteiger partial charge < -0.3 is 9.52 Å². The van der Waals surface area contributed by atoms with E-state index in [-0.39, 0.29) is 16.6 Å². The molecule has 0 aliphatic rings. The molecule has 0 radical (unpaired) electrons. The number of phenols is 1. The van der Waals surface area contributed by atoms with Crippen LogP contribution < -0.4 is 0 Å². The molecule has 240 valence electrons. The highest BCUT2D eigenvalue weighted by molar-refractivity contribution is 6.07. The molecule has 3 aromatic heterocycles. The van der Waals surface area contributed by atoms with Gasteiger partial charge in [0.25, 0.3) is 0 Å². The Morgan fingerprint density at radius 3 is 2.04 bits per heavy atom. The maximum atomic E-state index is 12.0. The standard InChI is InChI=1S/C43H41N3O2/c1-41(2,3)30-25-32(38(47)33(26-30)42(4,5)6)37-39-36(31-20-11-12-21-34(31)48-39)45-40(46-37)27-16-15-19-29(24-27)43(7,28-17-9-8-10-18-28)35-22-13-14-23-44-35/h8-26,47H,1-7H3. The van der Waals surface area contributed by atoms with Crippen molar-refractivity contribution in [1.82, 2.24) is 15.0 Å². The van der Waals surface area contributed by atoms with Gasteiger partial charge >= 0.3 is 0 Å². The fourth-order valence-electron chi connectivity index (χ4n) is 6.58. The number of benzene rings is 4. The van der Waals surface area contributed by atoms with E-state index in [0.29, 0.717) is 28.2 Å². The zero-order valence-electron chi connectivity index (χ0n) is 28.7. The molecule has 0 saturated heterocycles. The number of hydrogen-bond acceptors (Lipinski definition) is 5. The van der Waals surface area contributed by atoms with Crippen LogP contribution in [0.2, 0.25) is 0 Å². The van der Waals surface area contributed by atoms with Gasteiger partial charge in [-0.15, -0.1) is 0 Å². The Bertz CT molecular complexity index is 2230. The highest BCUT2D eigenvalue weighted by Crippen LogP contribution is 2.45. The van der Waals surface area contributed by atoms with E-state index in [1.165, 1.54) is 0 Å². The lowest BCUT2D eigenvalue weighted by Crippen LogP contribution is -2.26. The van der Waals surface area contributed by atoms with E-state index >= 15 is 0 Å². The molecule has 0 spiro atoms. The van der Waals surface area contributed by atoms with Crippen LogP contribution in [0.15, 0.2) is 120 Å². The lowest BCUT2D eigenvalue weighted by atomic mass is 9.73. The Hall–Kier alpha value is -5.29. The van der Waals surface area contributed by atoms with Crippen LogP contribution in [-0.2, 0) is 16.2 Å². The summed E-state index contributed by atoms with van der Waals surface area (Å²) in [5.41, 5.74) is 8.20. The van der Waals surface area contributed by atoms with Crippen LogP contribution in [0.5, 0.6) is 5.75 Å². The SMILES string of the molecule is CC(C)(C)c1cc(-c2nc(-c3cccc(C(C)(c4ccccc4)c4ccccn4)c3)nc3c2oc2ccccc23)c(O)c(C(C)(C)C)c1. The molecule has 4 aromatic carbocycles. The second-order valence-electron chi connectivity index (χ2n) is 14.9. The first-order valence-corrected chi connectivity index (χ1v) is 16.5. The number of para-hydroxylation sites is 1. The van der Waals surface area contributed by atoms with E-state index in [4.69, 9.17) is 19.4 Å². The summed E-state index contributed by atoms with van der Waals surface area (Å²) in [4.78, 5) is 15.2. The number of phenolic OH excluding ortho intramolecular Hbond substituents is 1. The third-order valence-corrected chi connectivity index (χ3v) is 9.49. The van der Waals surface area contributed by atoms with Gasteiger partial charge in [-0.3, -0.25) is 4.98 Å². The lowest BCUT2D eigenvalue weighted by molar-refractivity contribution is 0.446. The van der Waals surface area contributed by atoms with Gasteiger partial charge in [0.2, 0.25) is 0 Å². The maximum absolute atomic E-state index is 12.0. The molecule has 0 saturated carbocycles. The summed E-state index contributed by atoms with van der Waals surface area (Å²) in [5, 5.41) is 12.9. The molecular formula is C43H41N3O2. The number of nitrogens with zero attached hydrogens (tertiary/aromatic N) is 3. The summed E-state index contributed by atoms with van der Waals surface area (Å²) in [7, 11) is 0. The molecule has 48 heavy (non-hydrogen) atoms. The minimum absolute atomic E-state index is 0.160. The number of aromatic hydroxyl groups is 1. The molecule has 0 fully saturated rings. The fraction of sp³-hybridized carbons (Fsp3) is 0.233. The summed E-state index contributed by atoms with van der Waals surface area (Å²) in [5.74, 6) is 0.766. The van der Waals surface area contributed by atoms with Gasteiger partial charge in [0.05, 0.1) is 11.1 Å². The molecule has 0 aliphatic heterocycles. The van der Waals surface area contributed by atoms with Crippen molar-refractivity contribution in [3.63, 3.8) is 0 Å². The van der Waals surface area contributed by atoms with Gasteiger partial charge in [-0.05, 0) is 70.8 Å². The molecule has 0 bridgehead atoms. The summed E-state index contributed by atoms with van der Waals surface area (Å²) < 4.78 is 6.48. The van der Waals surface area contributed by atoms with Gasteiger partial charge in [0.15, 0.2) is 11.4 Å². The van der Waals surface area contributed by atoms with Crippen LogP contribution in [0.3, 0.4) is 0 Å². The van der Waals surface area contributed by atoms with Crippen molar-refractivity contribution in [2.45, 2.75) is 64.7 Å². The van der Waals surface area contributed by atoms with Crippen LogP contribution in [0.1, 0.15) is 76.4 Å². The van der Waals surface area contributed by atoms with E-state index in [9.17, 15) is 5.11 Å². The van der Waals surface area contributed by atoms with E-state index < -0.39 is 5.41 Å². The predicted molar refractivity (Wildman–Crippen MR) is 195 cm³/mol. The molecule has 1 unspecified atom stereocenters. The van der Waals surface area contributed by atoms with Gasteiger partial charge in [0, 0.05) is 28.3 Å². The Balaban J connectivity index is 1.51. The zero-order valence-corrected chi connectivity index (χ0v) is 28.7. The van der Waals surface area contributed by atoms with E-state index in [1.54, 1.807) is 0 Å². The molecule has 3 heterocycles. The molecule has 1 atom stereocenters. The summed E-state index contributed by atoms with van der Waals surface area (Å²) in [6, 6.07) is 37.1. The molecule has 0 aliphatic carbocycles. The molecule has 7 rings (SSSR count). The summed E-state index contributed by atoms with van der Waals surface area (Å²) >= 11 is 0. The Labute approximate surface area is 282 Å². The molecule has 5 heteroatoms. The third-order valence-electron chi connectivity index (χ3n) is 9.49. The van der Waals surface area contributed by atoms with Gasteiger partial charge in [-0.25, -0.2) is 9.97 Å². The summed E-state index contributed by atoms with van der Waals surface area (Å²) in [6.45, 7) is 15.1. The molecule has 7 aromatic rings.